The number of aliphatic hydroxyl groups is 2. The molecule has 1 aliphatic carbocycles. The third kappa shape index (κ3) is 11.0. The molecule has 1 saturated carbocycles. The minimum Gasteiger partial charge on any atom is -0.459 e. The van der Waals surface area contributed by atoms with E-state index in [4.69, 9.17) is 25.8 Å². The molecule has 0 spiro atoms. The summed E-state index contributed by atoms with van der Waals surface area (Å²) >= 11 is 6.12. The highest BCUT2D eigenvalue weighted by Gasteiger charge is 2.48. The lowest BCUT2D eigenvalue weighted by atomic mass is 9.83. The molecule has 0 aromatic rings. The number of rotatable bonds is 14. The number of hydrogen-bond donors (Lipinski definition) is 4. The van der Waals surface area contributed by atoms with Crippen molar-refractivity contribution in [2.45, 2.75) is 153 Å². The Morgan fingerprint density at radius 1 is 1.10 bits per heavy atom. The van der Waals surface area contributed by atoms with Gasteiger partial charge in [0, 0.05) is 44.3 Å². The van der Waals surface area contributed by atoms with Crippen LogP contribution in [0.5, 0.6) is 0 Å². The minimum atomic E-state index is -1.66. The van der Waals surface area contributed by atoms with Gasteiger partial charge in [-0.25, -0.2) is 0 Å². The largest absolute Gasteiger partial charge is 0.459 e. The van der Waals surface area contributed by atoms with Gasteiger partial charge in [0.1, 0.15) is 23.9 Å². The van der Waals surface area contributed by atoms with Crippen molar-refractivity contribution in [3.05, 3.63) is 36.0 Å². The zero-order valence-electron chi connectivity index (χ0n) is 30.2. The molecular weight excluding hydrogens is 682 g/mol. The second-order valence-electron chi connectivity index (χ2n) is 14.5. The zero-order chi connectivity index (χ0) is 37.5. The molecule has 9 atom stereocenters. The highest BCUT2D eigenvalue weighted by Crippen LogP contribution is 2.34. The molecule has 0 aromatic heterocycles. The molecule has 6 unspecified atom stereocenters. The number of imide groups is 1. The molecule has 0 aromatic carbocycles. The first kappa shape index (κ1) is 40.7. The molecule has 4 N–H and O–H groups in total. The van der Waals surface area contributed by atoms with Crippen LogP contribution in [0, 0.1) is 5.92 Å². The number of carbonyl (C=O) groups excluding carboxylic acids is 5. The second-order valence-corrected chi connectivity index (χ2v) is 14.7. The molecule has 3 aliphatic heterocycles. The molecule has 14 heteroatoms. The number of likely N-dealkylation sites (tertiary alicyclic amines) is 1. The van der Waals surface area contributed by atoms with E-state index in [1.807, 2.05) is 19.9 Å². The topological polar surface area (TPSA) is 181 Å². The van der Waals surface area contributed by atoms with E-state index in [9.17, 15) is 34.2 Å². The maximum Gasteiger partial charge on any atom is 0.303 e. The first-order valence-electron chi connectivity index (χ1n) is 18.1. The molecule has 0 radical (unpaired) electrons. The Labute approximate surface area is 305 Å². The molecular formula is C37H54ClN3O10. The fraction of sp³-hybridized carbons (Fsp3) is 0.703. The quantitative estimate of drug-likeness (QED) is 0.0681. The summed E-state index contributed by atoms with van der Waals surface area (Å²) in [4.78, 5) is 61.8. The lowest BCUT2D eigenvalue weighted by Crippen LogP contribution is -2.59. The Hall–Kier alpha value is -3.10. The molecule has 4 aliphatic rings. The van der Waals surface area contributed by atoms with Crippen LogP contribution >= 0.6 is 11.6 Å². The number of allylic oxidation sites excluding steroid dienone is 2. The Balaban J connectivity index is 1.28. The van der Waals surface area contributed by atoms with E-state index in [1.54, 1.807) is 13.0 Å². The summed E-state index contributed by atoms with van der Waals surface area (Å²) in [5.41, 5.74) is -0.682. The van der Waals surface area contributed by atoms with Gasteiger partial charge < -0.3 is 35.1 Å². The number of amides is 4. The molecule has 3 saturated heterocycles. The van der Waals surface area contributed by atoms with Gasteiger partial charge in [-0.1, -0.05) is 37.6 Å². The van der Waals surface area contributed by atoms with Crippen LogP contribution in [0.25, 0.3) is 0 Å². The number of carbonyl (C=O) groups is 5. The lowest BCUT2D eigenvalue weighted by molar-refractivity contribution is -0.195. The summed E-state index contributed by atoms with van der Waals surface area (Å²) in [7, 11) is 0. The highest BCUT2D eigenvalue weighted by atomic mass is 35.5. The molecule has 13 nitrogen and oxygen atoms in total. The average molecular weight is 736 g/mol. The summed E-state index contributed by atoms with van der Waals surface area (Å²) in [5.74, 6) is -1.39. The smallest absolute Gasteiger partial charge is 0.303 e. The summed E-state index contributed by atoms with van der Waals surface area (Å²) in [6.45, 7) is 9.01. The Bertz CT molecular complexity index is 1360. The summed E-state index contributed by atoms with van der Waals surface area (Å²) in [5, 5.41) is 28.1. The molecule has 4 rings (SSSR count). The van der Waals surface area contributed by atoms with Gasteiger partial charge in [0.05, 0.1) is 36.7 Å². The number of alkyl halides is 1. The molecule has 0 bridgehead atoms. The Kier molecular flexibility index (Phi) is 14.4. The van der Waals surface area contributed by atoms with Crippen LogP contribution in [0.1, 0.15) is 92.4 Å². The van der Waals surface area contributed by atoms with E-state index in [-0.39, 0.29) is 91.4 Å². The molecule has 3 heterocycles. The van der Waals surface area contributed by atoms with E-state index < -0.39 is 36.0 Å². The van der Waals surface area contributed by atoms with Crippen LogP contribution in [0.3, 0.4) is 0 Å². The van der Waals surface area contributed by atoms with Gasteiger partial charge in [-0.05, 0) is 57.9 Å². The number of halogens is 1. The predicted octanol–water partition coefficient (Wildman–Crippen LogP) is 2.75. The highest BCUT2D eigenvalue weighted by molar-refractivity contribution is 6.18. The Morgan fingerprint density at radius 2 is 1.78 bits per heavy atom. The van der Waals surface area contributed by atoms with Crippen LogP contribution < -0.4 is 10.6 Å². The first-order chi connectivity index (χ1) is 24.1. The maximum atomic E-state index is 12.9. The predicted molar refractivity (Wildman–Crippen MR) is 188 cm³/mol. The number of esters is 1. The number of hydrogen-bond acceptors (Lipinski definition) is 10. The maximum absolute atomic E-state index is 12.9. The van der Waals surface area contributed by atoms with Gasteiger partial charge in [-0.3, -0.25) is 28.9 Å². The monoisotopic (exact) mass is 735 g/mol. The van der Waals surface area contributed by atoms with Crippen molar-refractivity contribution >= 4 is 41.2 Å². The number of ether oxygens (including phenoxy) is 3. The number of nitrogens with zero attached hydrogens (tertiary/aromatic N) is 1. The van der Waals surface area contributed by atoms with Crippen molar-refractivity contribution in [2.75, 3.05) is 5.88 Å². The van der Waals surface area contributed by atoms with Gasteiger partial charge in [0.2, 0.25) is 23.6 Å². The van der Waals surface area contributed by atoms with E-state index in [0.29, 0.717) is 25.7 Å². The third-order valence-corrected chi connectivity index (χ3v) is 10.8. The van der Waals surface area contributed by atoms with Gasteiger partial charge in [0.15, 0.2) is 0 Å². The standard InChI is InChI=1S/C37H54ClN3O10/c1-6-25(8-10-30-21(2)15-29(23(4)50-30)40-32(43)12-7-22(3)49-24(5)42)9-11-31-36(47)37(48,20-38)19-28(51-31)18-33(44)39-26-16-27(17-26)41-34(45)13-14-35(41)46/h7-9,11-12,21-23,26-31,36,47-48H,6,10,13-20H2,1-5H3,(H,39,44)(H,40,43)/b11-9+,12-7-,25-8+/t21?,22?,23?,26?,27?,28-,29?,30?,31?,36-,37-/m1/s1. The molecule has 4 amide bonds. The zero-order valence-corrected chi connectivity index (χ0v) is 31.0. The van der Waals surface area contributed by atoms with Crippen molar-refractivity contribution in [1.82, 2.24) is 15.5 Å². The van der Waals surface area contributed by atoms with Crippen molar-refractivity contribution in [3.8, 4) is 0 Å². The summed E-state index contributed by atoms with van der Waals surface area (Å²) in [6, 6.07) is -0.522. The van der Waals surface area contributed by atoms with Crippen molar-refractivity contribution in [3.63, 3.8) is 0 Å². The average Bonchev–Trinajstić information content (AvgIpc) is 3.38. The van der Waals surface area contributed by atoms with Gasteiger partial charge in [0.25, 0.3) is 0 Å². The molecule has 4 fully saturated rings. The third-order valence-electron chi connectivity index (χ3n) is 10.3. The van der Waals surface area contributed by atoms with Crippen LogP contribution in [-0.2, 0) is 38.2 Å². The Morgan fingerprint density at radius 3 is 2.41 bits per heavy atom. The van der Waals surface area contributed by atoms with Crippen molar-refractivity contribution in [2.24, 2.45) is 5.92 Å². The van der Waals surface area contributed by atoms with Crippen LogP contribution in [0.15, 0.2) is 36.0 Å². The lowest BCUT2D eigenvalue weighted by Gasteiger charge is -2.44. The summed E-state index contributed by atoms with van der Waals surface area (Å²) < 4.78 is 17.4. The number of aliphatic hydroxyl groups excluding tert-OH is 1. The van der Waals surface area contributed by atoms with E-state index in [2.05, 4.69) is 23.6 Å². The molecule has 51 heavy (non-hydrogen) atoms. The van der Waals surface area contributed by atoms with E-state index in [0.717, 1.165) is 12.0 Å². The SMILES string of the molecule is CCC(/C=C/C1O[C@H](CC(=O)NC2CC(N3C(=O)CCC3=O)C2)C[C@@](O)(CCl)[C@@H]1O)=C\CC1OC(C)C(NC(=O)/C=C\C(C)OC(C)=O)CC1C. The fourth-order valence-electron chi connectivity index (χ4n) is 7.26. The van der Waals surface area contributed by atoms with Gasteiger partial charge in [-0.2, -0.15) is 0 Å². The normalized spacial score (nSPS) is 35.2. The summed E-state index contributed by atoms with van der Waals surface area (Å²) in [6.07, 6.45) is 8.28. The van der Waals surface area contributed by atoms with E-state index in [1.165, 1.54) is 24.0 Å². The fourth-order valence-corrected chi connectivity index (χ4v) is 7.53. The van der Waals surface area contributed by atoms with Crippen LogP contribution in [-0.4, -0.2) is 111 Å². The first-order valence-corrected chi connectivity index (χ1v) is 18.6. The van der Waals surface area contributed by atoms with Crippen LogP contribution in [0.4, 0.5) is 0 Å². The van der Waals surface area contributed by atoms with Crippen molar-refractivity contribution in [1.29, 1.82) is 0 Å². The second kappa shape index (κ2) is 18.1. The van der Waals surface area contributed by atoms with E-state index >= 15 is 0 Å². The van der Waals surface area contributed by atoms with Crippen molar-refractivity contribution < 1.29 is 48.4 Å². The minimum absolute atomic E-state index is 0.0177. The van der Waals surface area contributed by atoms with Gasteiger partial charge in [-0.15, -0.1) is 11.6 Å². The van der Waals surface area contributed by atoms with Crippen LogP contribution in [0.2, 0.25) is 0 Å². The number of nitrogens with one attached hydrogen (secondary N) is 2. The van der Waals surface area contributed by atoms with Gasteiger partial charge >= 0.3 is 5.97 Å². The molecule has 284 valence electrons.